The van der Waals surface area contributed by atoms with Crippen LogP contribution in [-0.2, 0) is 30.1 Å². The Morgan fingerprint density at radius 3 is 0.795 bits per heavy atom. The van der Waals surface area contributed by atoms with Crippen LogP contribution in [0.2, 0.25) is 0 Å². The van der Waals surface area contributed by atoms with Crippen LogP contribution in [0, 0.1) is 20.8 Å². The average Bonchev–Trinajstić information content (AvgIpc) is 1.84. The van der Waals surface area contributed by atoms with E-state index in [0.29, 0.717) is 21.8 Å². The molecule has 0 saturated carbocycles. The summed E-state index contributed by atoms with van der Waals surface area (Å²) in [7, 11) is 1.63. The maximum Gasteiger partial charge on any atom is 0.488 e. The fraction of sp³-hybridized carbons (Fsp3) is 0.0508. The third-order valence-electron chi connectivity index (χ3n) is 21.3. The van der Waals surface area contributed by atoms with Crippen LogP contribution in [0.25, 0.3) is 42.0 Å². The normalized spacial score (nSPS) is 10.1. The summed E-state index contributed by atoms with van der Waals surface area (Å²) in [6, 6.07) is 156. The van der Waals surface area contributed by atoms with E-state index in [1.165, 1.54) is 110 Å². The van der Waals surface area contributed by atoms with Gasteiger partial charge in [0.05, 0.1) is 41.1 Å². The van der Waals surface area contributed by atoms with Gasteiger partial charge in [0.2, 0.25) is 0 Å². The first kappa shape index (κ1) is 121. The Kier molecular flexibility index (Phi) is 54.5. The summed E-state index contributed by atoms with van der Waals surface area (Å²) in [6.07, 6.45) is 5.32. The Morgan fingerprint density at radius 1 is 0.288 bits per heavy atom. The second-order valence-electron chi connectivity index (χ2n) is 30.9. The molecule has 730 valence electrons. The molecule has 0 aliphatic heterocycles. The number of aryl methyl sites for hydroxylation is 3. The van der Waals surface area contributed by atoms with E-state index in [2.05, 4.69) is 448 Å². The summed E-state index contributed by atoms with van der Waals surface area (Å²) in [5.41, 5.74) is 7.65. The van der Waals surface area contributed by atoms with Crippen molar-refractivity contribution in [2.45, 2.75) is 20.8 Å². The van der Waals surface area contributed by atoms with Gasteiger partial charge >= 0.3 is 7.12 Å². The first-order chi connectivity index (χ1) is 69.8. The molecule has 146 heavy (non-hydrogen) atoms. The number of aromatic hydroxyl groups is 4. The molecule has 0 fully saturated rings. The summed E-state index contributed by atoms with van der Waals surface area (Å²) >= 11 is 11.1. The smallest absolute Gasteiger partial charge is 0.488 e. The van der Waals surface area contributed by atoms with Crippen molar-refractivity contribution < 1.29 is 80.0 Å². The zero-order valence-electron chi connectivity index (χ0n) is 81.2. The number of aromatic nitrogens is 3. The van der Waals surface area contributed by atoms with E-state index in [4.69, 9.17) is 34.3 Å². The van der Waals surface area contributed by atoms with Gasteiger partial charge in [0.25, 0.3) is 0 Å². The van der Waals surface area contributed by atoms with Gasteiger partial charge in [-0.3, -0.25) is 0 Å². The fourth-order valence-corrected chi connectivity index (χ4v) is 27.5. The van der Waals surface area contributed by atoms with E-state index in [1.54, 1.807) is 86.7 Å². The molecule has 0 bridgehead atoms. The number of thiazole rings is 3. The zero-order chi connectivity index (χ0) is 101. The molecule has 3 aromatic heterocycles. The molecule has 0 spiro atoms. The SMILES string of the molecule is Brc1cnc(Br)s1.COc1cc(B(O)O)ccc1C.COc1ccc(-c2cnc(-c3ccc(C)c(C)c3)s2)cc1OC.O=[C-]OO.Oc1ccc(-c2cnc(-c3ccc(O)c(O)c3)s2)cc1O.[Cs].[Cs].[Pd].c1ccc(P(c2ccccc2)c2ccccc2)cc1.c1ccc(P(c2ccccc2)c2ccccc2)cc1.c1ccc(P(c2ccccc2)c2ccccc2)cc1.c1ccc(P(c2ccccc2)c2ccccc2)cc1. The van der Waals surface area contributed by atoms with Crippen LogP contribution in [0.1, 0.15) is 16.7 Å². The Labute approximate surface area is 1020 Å². The summed E-state index contributed by atoms with van der Waals surface area (Å²) < 4.78 is 17.7. The minimum atomic E-state index is -1.43. The van der Waals surface area contributed by atoms with Crippen molar-refractivity contribution in [3.8, 4) is 82.3 Å². The van der Waals surface area contributed by atoms with Gasteiger partial charge in [-0.2, -0.15) is 0 Å². The van der Waals surface area contributed by atoms with Crippen molar-refractivity contribution in [1.29, 1.82) is 0 Å². The second kappa shape index (κ2) is 65.9. The molecule has 0 saturated heterocycles. The zero-order valence-corrected chi connectivity index (χ0v) is 105. The van der Waals surface area contributed by atoms with Crippen molar-refractivity contribution in [2.75, 3.05) is 21.3 Å². The monoisotopic (exact) mass is 2510 g/mol. The van der Waals surface area contributed by atoms with Crippen molar-refractivity contribution >= 4 is 318 Å². The topological polar surface area (TPSA) is 234 Å². The third kappa shape index (κ3) is 37.6. The number of ether oxygens (including phenoxy) is 3. The first-order valence-corrected chi connectivity index (χ1v) is 54.2. The minimum absolute atomic E-state index is 0. The van der Waals surface area contributed by atoms with Crippen molar-refractivity contribution in [3.05, 3.63) is 498 Å². The molecule has 28 heteroatoms. The number of rotatable bonds is 21. The molecule has 20 rings (SSSR count). The van der Waals surface area contributed by atoms with E-state index < -0.39 is 38.8 Å². The summed E-state index contributed by atoms with van der Waals surface area (Å²) in [5, 5.41) is 80.8. The molecular formula is C118H103BBr2Cs2N3O12P4PdS3-. The van der Waals surface area contributed by atoms with Crippen molar-refractivity contribution in [1.82, 2.24) is 15.0 Å². The van der Waals surface area contributed by atoms with Gasteiger partial charge in [0.15, 0.2) is 38.4 Å². The van der Waals surface area contributed by atoms with Crippen molar-refractivity contribution in [3.63, 3.8) is 0 Å². The molecule has 0 atom stereocenters. The molecule has 15 nitrogen and oxygen atoms in total. The van der Waals surface area contributed by atoms with Crippen LogP contribution in [-0.4, -0.2) is 223 Å². The molecule has 20 aromatic rings. The Balaban J connectivity index is 0.000000186. The average molecular weight is 2520 g/mol. The molecule has 2 radical (unpaired) electrons. The van der Waals surface area contributed by atoms with Gasteiger partial charge in [-0.1, -0.05) is 388 Å². The number of hydrogen-bond donors (Lipinski definition) is 7. The number of phenols is 4. The molecular weight excluding hydrogens is 2410 g/mol. The summed E-state index contributed by atoms with van der Waals surface area (Å²) in [5.74, 6) is 1.38. The van der Waals surface area contributed by atoms with Crippen LogP contribution in [0.15, 0.2) is 481 Å². The summed E-state index contributed by atoms with van der Waals surface area (Å²) in [4.78, 5) is 26.0. The number of nitrogens with zero attached hydrogens (tertiary/aromatic N) is 3. The number of benzene rings is 17. The predicted octanol–water partition coefficient (Wildman–Crippen LogP) is 23.3. The number of phenolic OH excluding ortho intramolecular Hbond substituents is 4. The first-order valence-electron chi connectivity index (χ1n) is 44.8. The van der Waals surface area contributed by atoms with Gasteiger partial charge in [-0.15, -0.1) is 34.0 Å². The third-order valence-corrected chi connectivity index (χ3v) is 35.2. The van der Waals surface area contributed by atoms with Crippen LogP contribution < -0.4 is 83.3 Å². The van der Waals surface area contributed by atoms with E-state index in [0.717, 1.165) is 62.7 Å². The van der Waals surface area contributed by atoms with Gasteiger partial charge in [0.1, 0.15) is 15.8 Å². The van der Waals surface area contributed by atoms with Crippen molar-refractivity contribution in [2.24, 2.45) is 0 Å². The van der Waals surface area contributed by atoms with Crippen LogP contribution in [0.3, 0.4) is 0 Å². The molecule has 3 heterocycles. The molecule has 0 amide bonds. The maximum atomic E-state index is 9.53. The van der Waals surface area contributed by atoms with E-state index in [1.807, 2.05) is 31.3 Å². The van der Waals surface area contributed by atoms with E-state index in [9.17, 15) is 20.4 Å². The molecule has 0 unspecified atom stereocenters. The van der Waals surface area contributed by atoms with Crippen LogP contribution in [0.5, 0.6) is 40.2 Å². The Hall–Kier alpha value is -8.91. The largest absolute Gasteiger partial charge is 0.509 e. The maximum absolute atomic E-state index is 9.53. The van der Waals surface area contributed by atoms with Gasteiger partial charge in [-0.25, -0.2) is 20.2 Å². The minimum Gasteiger partial charge on any atom is -0.509 e. The molecule has 0 aliphatic rings. The number of carbonyl (C=O) groups excluding carboxylic acids is 1. The molecule has 17 aromatic carbocycles. The Morgan fingerprint density at radius 2 is 0.548 bits per heavy atom. The van der Waals surface area contributed by atoms with E-state index in [-0.39, 0.29) is 181 Å². The molecule has 7 N–H and O–H groups in total. The number of halogens is 2. The van der Waals surface area contributed by atoms with Crippen LogP contribution in [0.4, 0.5) is 0 Å². The van der Waals surface area contributed by atoms with Gasteiger partial charge in [0, 0.05) is 182 Å². The Bertz CT molecular complexity index is 6250. The molecule has 0 aliphatic carbocycles. The van der Waals surface area contributed by atoms with Crippen LogP contribution >= 0.6 is 97.6 Å². The van der Waals surface area contributed by atoms with Gasteiger partial charge in [-0.05, 0) is 254 Å². The predicted molar refractivity (Wildman–Crippen MR) is 622 cm³/mol. The fourth-order valence-electron chi connectivity index (χ4n) is 14.2. The standard InChI is InChI=1S/C19H19NO2S.4C18H15P.C15H11NO4S.C8H11BO3.C3HBr2NS.CHO3.2Cs.Pd/c1-12-5-6-15(9-13(12)2)19-20-11-18(23-19)14-7-8-16(21-3)17(10-14)22-4;4*1-4-10-16(11-5-1)19(17-12-6-2-7-13-17)18-14-8-3-9-15-18;17-10-3-1-8(5-12(10)19)14-7-16-15(21-14)9-2-4-11(18)13(20)6-9;1-6-3-4-7(9(10)11)5-8(6)12-2;4-2-1-6-3(5)7-2;2-1-4-3;;;/h5-11H,1-4H3;4*1-15H;1-7,17-20H;3-5,10-11H,1-2H3;1H;3H;;;/q;;;;;;;;-1;;;. The van der Waals surface area contributed by atoms with Gasteiger partial charge < -0.3 is 54.4 Å². The number of hydrogen-bond acceptors (Lipinski definition) is 18. The van der Waals surface area contributed by atoms with E-state index >= 15 is 0 Å². The number of methoxy groups -OCH3 is 3. The summed E-state index contributed by atoms with van der Waals surface area (Å²) in [6.45, 7) is 6.88. The second-order valence-corrected chi connectivity index (χ2v) is 45.5. The quantitative estimate of drug-likeness (QED) is 0.00885.